The predicted molar refractivity (Wildman–Crippen MR) is 85.8 cm³/mol. The van der Waals surface area contributed by atoms with E-state index in [9.17, 15) is 0 Å². The lowest BCUT2D eigenvalue weighted by molar-refractivity contribution is 0.0178. The van der Waals surface area contributed by atoms with Crippen molar-refractivity contribution in [2.75, 3.05) is 65.7 Å². The number of ether oxygens (including phenoxy) is 2. The van der Waals surface area contributed by atoms with Crippen LogP contribution in [0, 0.1) is 0 Å². The van der Waals surface area contributed by atoms with Crippen LogP contribution in [0.4, 0.5) is 0 Å². The van der Waals surface area contributed by atoms with Crippen molar-refractivity contribution in [1.29, 1.82) is 0 Å². The zero-order valence-electron chi connectivity index (χ0n) is 13.9. The van der Waals surface area contributed by atoms with Crippen molar-refractivity contribution < 1.29 is 9.47 Å². The number of rotatable bonds is 9. The molecule has 0 aromatic carbocycles. The minimum absolute atomic E-state index is 0.628. The second-order valence-electron chi connectivity index (χ2n) is 6.19. The third-order valence-corrected chi connectivity index (χ3v) is 4.67. The van der Waals surface area contributed by atoms with Crippen molar-refractivity contribution in [2.24, 2.45) is 0 Å². The summed E-state index contributed by atoms with van der Waals surface area (Å²) in [5.74, 6) is 0. The van der Waals surface area contributed by atoms with E-state index < -0.39 is 0 Å². The van der Waals surface area contributed by atoms with E-state index in [0.29, 0.717) is 6.04 Å². The van der Waals surface area contributed by atoms with Crippen LogP contribution in [0.15, 0.2) is 0 Å². The van der Waals surface area contributed by atoms with Crippen molar-refractivity contribution in [3.63, 3.8) is 0 Å². The molecule has 2 fully saturated rings. The molecule has 0 aromatic heterocycles. The fourth-order valence-electron chi connectivity index (χ4n) is 3.29. The molecule has 5 heteroatoms. The molecule has 21 heavy (non-hydrogen) atoms. The van der Waals surface area contributed by atoms with E-state index in [1.165, 1.54) is 19.5 Å². The van der Waals surface area contributed by atoms with Crippen LogP contribution in [-0.2, 0) is 9.47 Å². The quantitative estimate of drug-likeness (QED) is 0.637. The molecule has 2 aliphatic heterocycles. The van der Waals surface area contributed by atoms with Crippen LogP contribution >= 0.6 is 0 Å². The Bertz CT molecular complexity index is 272. The molecule has 2 rings (SSSR count). The summed E-state index contributed by atoms with van der Waals surface area (Å²) in [6.45, 7) is 14.8. The van der Waals surface area contributed by atoms with E-state index in [1.807, 2.05) is 6.92 Å². The van der Waals surface area contributed by atoms with Crippen LogP contribution in [0.1, 0.15) is 26.7 Å². The molecule has 2 saturated heterocycles. The molecule has 1 N–H and O–H groups in total. The number of likely N-dealkylation sites (tertiary alicyclic amines) is 1. The van der Waals surface area contributed by atoms with E-state index in [-0.39, 0.29) is 0 Å². The largest absolute Gasteiger partial charge is 0.382 e. The van der Waals surface area contributed by atoms with E-state index in [2.05, 4.69) is 22.0 Å². The monoisotopic (exact) mass is 299 g/mol. The molecule has 0 saturated carbocycles. The Kier molecular flexibility index (Phi) is 7.96. The molecule has 2 atom stereocenters. The molecule has 2 aliphatic rings. The van der Waals surface area contributed by atoms with Crippen LogP contribution in [-0.4, -0.2) is 87.6 Å². The molecule has 5 nitrogen and oxygen atoms in total. The number of morpholine rings is 1. The molecular weight excluding hydrogens is 266 g/mol. The van der Waals surface area contributed by atoms with E-state index in [4.69, 9.17) is 9.47 Å². The van der Waals surface area contributed by atoms with Crippen LogP contribution in [0.3, 0.4) is 0 Å². The van der Waals surface area contributed by atoms with Gasteiger partial charge in [0.25, 0.3) is 0 Å². The average molecular weight is 299 g/mol. The van der Waals surface area contributed by atoms with Crippen molar-refractivity contribution in [3.05, 3.63) is 0 Å². The van der Waals surface area contributed by atoms with Gasteiger partial charge in [-0.3, -0.25) is 9.80 Å². The van der Waals surface area contributed by atoms with Gasteiger partial charge in [0.1, 0.15) is 0 Å². The van der Waals surface area contributed by atoms with Gasteiger partial charge in [0.2, 0.25) is 0 Å². The van der Waals surface area contributed by atoms with Gasteiger partial charge < -0.3 is 14.8 Å². The maximum Gasteiger partial charge on any atom is 0.0594 e. The van der Waals surface area contributed by atoms with Gasteiger partial charge in [-0.1, -0.05) is 0 Å². The Morgan fingerprint density at radius 2 is 2.10 bits per heavy atom. The lowest BCUT2D eigenvalue weighted by atomic mass is 10.2. The van der Waals surface area contributed by atoms with Crippen molar-refractivity contribution >= 4 is 0 Å². The second kappa shape index (κ2) is 9.74. The lowest BCUT2D eigenvalue weighted by Gasteiger charge is -2.33. The highest BCUT2D eigenvalue weighted by molar-refractivity contribution is 4.87. The Balaban J connectivity index is 1.57. The van der Waals surface area contributed by atoms with Gasteiger partial charge in [0, 0.05) is 58.0 Å². The minimum atomic E-state index is 0.628. The molecule has 2 unspecified atom stereocenters. The molecule has 0 amide bonds. The summed E-state index contributed by atoms with van der Waals surface area (Å²) < 4.78 is 10.8. The topological polar surface area (TPSA) is 37.0 Å². The third-order valence-electron chi connectivity index (χ3n) is 4.67. The number of nitrogens with one attached hydrogen (secondary N) is 1. The first-order valence-electron chi connectivity index (χ1n) is 8.65. The summed E-state index contributed by atoms with van der Waals surface area (Å²) in [5, 5.41) is 3.56. The number of nitrogens with zero attached hydrogens (tertiary/aromatic N) is 2. The van der Waals surface area contributed by atoms with E-state index >= 15 is 0 Å². The highest BCUT2D eigenvalue weighted by Gasteiger charge is 2.30. The molecule has 0 aromatic rings. The molecule has 0 spiro atoms. The van der Waals surface area contributed by atoms with E-state index in [0.717, 1.165) is 65.1 Å². The Morgan fingerprint density at radius 3 is 2.86 bits per heavy atom. The van der Waals surface area contributed by atoms with Crippen molar-refractivity contribution in [2.45, 2.75) is 38.8 Å². The molecule has 0 radical (unpaired) electrons. The molecule has 0 aliphatic carbocycles. The molecule has 124 valence electrons. The zero-order valence-corrected chi connectivity index (χ0v) is 13.9. The number of hydrogen-bond acceptors (Lipinski definition) is 5. The normalized spacial score (nSPS) is 26.3. The standard InChI is InChI=1S/C16H33N3O2/c1-3-20-10-4-6-17-13-15(2)19-7-5-16(14-19)18-8-11-21-12-9-18/h15-17H,3-14H2,1-2H3. The van der Waals surface area contributed by atoms with Crippen LogP contribution in [0.5, 0.6) is 0 Å². The maximum atomic E-state index is 5.45. The Labute approximate surface area is 129 Å². The Morgan fingerprint density at radius 1 is 1.29 bits per heavy atom. The highest BCUT2D eigenvalue weighted by atomic mass is 16.5. The fraction of sp³-hybridized carbons (Fsp3) is 1.00. The van der Waals surface area contributed by atoms with Gasteiger partial charge in [0.15, 0.2) is 0 Å². The first-order chi connectivity index (χ1) is 10.3. The van der Waals surface area contributed by atoms with Gasteiger partial charge in [-0.15, -0.1) is 0 Å². The third kappa shape index (κ3) is 5.83. The summed E-state index contributed by atoms with van der Waals surface area (Å²) in [5.41, 5.74) is 0. The van der Waals surface area contributed by atoms with Crippen molar-refractivity contribution in [1.82, 2.24) is 15.1 Å². The summed E-state index contributed by atoms with van der Waals surface area (Å²) in [6.07, 6.45) is 2.42. The first kappa shape index (κ1) is 17.2. The summed E-state index contributed by atoms with van der Waals surface area (Å²) in [7, 11) is 0. The van der Waals surface area contributed by atoms with Gasteiger partial charge in [-0.25, -0.2) is 0 Å². The van der Waals surface area contributed by atoms with Gasteiger partial charge >= 0.3 is 0 Å². The van der Waals surface area contributed by atoms with Crippen LogP contribution in [0.2, 0.25) is 0 Å². The maximum absolute atomic E-state index is 5.45. The van der Waals surface area contributed by atoms with Crippen LogP contribution < -0.4 is 5.32 Å². The van der Waals surface area contributed by atoms with E-state index in [1.54, 1.807) is 0 Å². The SMILES string of the molecule is CCOCCCNCC(C)N1CCC(N2CCOCC2)C1. The Hall–Kier alpha value is -0.200. The number of hydrogen-bond donors (Lipinski definition) is 1. The molecular formula is C16H33N3O2. The summed E-state index contributed by atoms with van der Waals surface area (Å²) >= 11 is 0. The summed E-state index contributed by atoms with van der Waals surface area (Å²) in [4.78, 5) is 5.25. The average Bonchev–Trinajstić information content (AvgIpc) is 3.01. The summed E-state index contributed by atoms with van der Waals surface area (Å²) in [6, 6.07) is 1.37. The first-order valence-corrected chi connectivity index (χ1v) is 8.65. The fourth-order valence-corrected chi connectivity index (χ4v) is 3.29. The van der Waals surface area contributed by atoms with Gasteiger partial charge in [-0.2, -0.15) is 0 Å². The molecule has 2 heterocycles. The van der Waals surface area contributed by atoms with Crippen LogP contribution in [0.25, 0.3) is 0 Å². The smallest absolute Gasteiger partial charge is 0.0594 e. The second-order valence-corrected chi connectivity index (χ2v) is 6.19. The lowest BCUT2D eigenvalue weighted by Crippen LogP contribution is -2.46. The molecule has 0 bridgehead atoms. The highest BCUT2D eigenvalue weighted by Crippen LogP contribution is 2.18. The zero-order chi connectivity index (χ0) is 14.9. The van der Waals surface area contributed by atoms with Gasteiger partial charge in [0.05, 0.1) is 13.2 Å². The predicted octanol–water partition coefficient (Wildman–Crippen LogP) is 0.798. The van der Waals surface area contributed by atoms with Gasteiger partial charge in [-0.05, 0) is 33.2 Å². The minimum Gasteiger partial charge on any atom is -0.382 e. The van der Waals surface area contributed by atoms with Crippen molar-refractivity contribution in [3.8, 4) is 0 Å².